The first kappa shape index (κ1) is 14.4. The molecule has 1 heterocycles. The maximum absolute atomic E-state index is 12.0. The Labute approximate surface area is 117 Å². The molecule has 1 aromatic carbocycles. The van der Waals surface area contributed by atoms with Crippen LogP contribution < -0.4 is 4.72 Å². The number of benzene rings is 1. The molecule has 2 rings (SSSR count). The summed E-state index contributed by atoms with van der Waals surface area (Å²) in [5.41, 5.74) is 0.467. The summed E-state index contributed by atoms with van der Waals surface area (Å²) < 4.78 is 26.2. The van der Waals surface area contributed by atoms with Crippen LogP contribution in [0.15, 0.2) is 41.6 Å². The fourth-order valence-electron chi connectivity index (χ4n) is 1.62. The zero-order chi connectivity index (χ0) is 14.6. The van der Waals surface area contributed by atoms with Gasteiger partial charge in [0.2, 0.25) is 0 Å². The number of aromatic amines is 1. The number of imidazole rings is 1. The maximum atomic E-state index is 12.0. The highest BCUT2D eigenvalue weighted by Gasteiger charge is 2.18. The highest BCUT2D eigenvalue weighted by Crippen LogP contribution is 2.06. The first-order valence-electron chi connectivity index (χ1n) is 6.14. The quantitative estimate of drug-likeness (QED) is 0.781. The number of nitrogens with zero attached hydrogens (tertiary/aromatic N) is 1. The Bertz CT molecular complexity index is 693. The molecule has 0 aliphatic heterocycles. The van der Waals surface area contributed by atoms with E-state index in [-0.39, 0.29) is 17.4 Å². The molecule has 7 heteroatoms. The van der Waals surface area contributed by atoms with E-state index in [9.17, 15) is 13.2 Å². The third-order valence-corrected chi connectivity index (χ3v) is 4.06. The average Bonchev–Trinajstić information content (AvgIpc) is 2.95. The number of rotatable bonds is 6. The van der Waals surface area contributed by atoms with Gasteiger partial charge in [-0.25, -0.2) is 18.1 Å². The number of aromatic nitrogens is 2. The molecule has 20 heavy (non-hydrogen) atoms. The summed E-state index contributed by atoms with van der Waals surface area (Å²) in [5, 5.41) is -0.0322. The van der Waals surface area contributed by atoms with Gasteiger partial charge >= 0.3 is 0 Å². The molecular formula is C13H15N3O3S. The molecule has 2 aromatic rings. The number of ketones is 1. The Hall–Kier alpha value is -1.99. The minimum atomic E-state index is -3.74. The second kappa shape index (κ2) is 5.98. The molecular weight excluding hydrogens is 278 g/mol. The van der Waals surface area contributed by atoms with Crippen LogP contribution in [0.1, 0.15) is 23.1 Å². The van der Waals surface area contributed by atoms with Gasteiger partial charge in [-0.05, 0) is 0 Å². The summed E-state index contributed by atoms with van der Waals surface area (Å²) in [6, 6.07) is 8.52. The predicted octanol–water partition coefficient (Wildman–Crippen LogP) is 1.13. The van der Waals surface area contributed by atoms with Gasteiger partial charge in [-0.3, -0.25) is 4.79 Å². The number of carbonyl (C=O) groups excluding carboxylic acids is 1. The maximum Gasteiger partial charge on any atom is 0.258 e. The normalized spacial score (nSPS) is 11.4. The number of H-pyrrole nitrogens is 1. The molecule has 0 aliphatic rings. The molecule has 0 amide bonds. The van der Waals surface area contributed by atoms with Crippen LogP contribution in [0.4, 0.5) is 0 Å². The van der Waals surface area contributed by atoms with E-state index in [2.05, 4.69) is 14.7 Å². The molecule has 1 aromatic heterocycles. The van der Waals surface area contributed by atoms with Crippen molar-refractivity contribution in [1.29, 1.82) is 0 Å². The molecule has 0 spiro atoms. The topological polar surface area (TPSA) is 91.9 Å². The highest BCUT2D eigenvalue weighted by molar-refractivity contribution is 7.89. The number of aryl methyl sites for hydroxylation is 1. The fourth-order valence-corrected chi connectivity index (χ4v) is 2.54. The van der Waals surface area contributed by atoms with Gasteiger partial charge in [0.05, 0.1) is 12.7 Å². The van der Waals surface area contributed by atoms with Gasteiger partial charge in [-0.1, -0.05) is 37.3 Å². The van der Waals surface area contributed by atoms with Crippen molar-refractivity contribution in [1.82, 2.24) is 14.7 Å². The van der Waals surface area contributed by atoms with E-state index in [1.807, 2.05) is 6.92 Å². The van der Waals surface area contributed by atoms with Crippen molar-refractivity contribution in [2.24, 2.45) is 0 Å². The summed E-state index contributed by atoms with van der Waals surface area (Å²) in [4.78, 5) is 18.5. The molecule has 0 saturated heterocycles. The second-order valence-electron chi connectivity index (χ2n) is 4.16. The molecule has 6 nitrogen and oxygen atoms in total. The molecule has 2 N–H and O–H groups in total. The molecule has 0 aliphatic carbocycles. The Balaban J connectivity index is 2.04. The Kier molecular flexibility index (Phi) is 4.31. The molecule has 0 radical (unpaired) electrons. The van der Waals surface area contributed by atoms with Crippen molar-refractivity contribution >= 4 is 15.8 Å². The number of nitrogens with one attached hydrogen (secondary N) is 2. The van der Waals surface area contributed by atoms with Crippen LogP contribution in [-0.4, -0.2) is 30.7 Å². The largest absolute Gasteiger partial charge is 0.332 e. The van der Waals surface area contributed by atoms with E-state index in [0.29, 0.717) is 17.8 Å². The van der Waals surface area contributed by atoms with Crippen LogP contribution >= 0.6 is 0 Å². The van der Waals surface area contributed by atoms with Crippen molar-refractivity contribution in [3.8, 4) is 0 Å². The first-order valence-corrected chi connectivity index (χ1v) is 7.63. The van der Waals surface area contributed by atoms with Crippen molar-refractivity contribution in [2.45, 2.75) is 18.4 Å². The van der Waals surface area contributed by atoms with Crippen LogP contribution in [0.3, 0.4) is 0 Å². The van der Waals surface area contributed by atoms with Gasteiger partial charge in [0.25, 0.3) is 10.0 Å². The number of hydrogen-bond donors (Lipinski definition) is 2. The summed E-state index contributed by atoms with van der Waals surface area (Å²) >= 11 is 0. The van der Waals surface area contributed by atoms with Crippen molar-refractivity contribution in [2.75, 3.05) is 6.54 Å². The van der Waals surface area contributed by atoms with E-state index in [0.717, 1.165) is 0 Å². The highest BCUT2D eigenvalue weighted by atomic mass is 32.2. The number of hydrogen-bond acceptors (Lipinski definition) is 4. The third kappa shape index (κ3) is 3.31. The molecule has 0 fully saturated rings. The lowest BCUT2D eigenvalue weighted by Gasteiger charge is -2.04. The Morgan fingerprint density at radius 3 is 2.60 bits per heavy atom. The van der Waals surface area contributed by atoms with Crippen LogP contribution in [0.25, 0.3) is 0 Å². The fraction of sp³-hybridized carbons (Fsp3) is 0.231. The molecule has 0 bridgehead atoms. The van der Waals surface area contributed by atoms with E-state index < -0.39 is 10.0 Å². The summed E-state index contributed by atoms with van der Waals surface area (Å²) in [6.45, 7) is 1.58. The average molecular weight is 293 g/mol. The van der Waals surface area contributed by atoms with Gasteiger partial charge in [0.1, 0.15) is 5.82 Å². The van der Waals surface area contributed by atoms with Crippen LogP contribution in [0, 0.1) is 0 Å². The van der Waals surface area contributed by atoms with Crippen LogP contribution in [-0.2, 0) is 16.4 Å². The molecule has 0 unspecified atom stereocenters. The van der Waals surface area contributed by atoms with Crippen LogP contribution in [0.5, 0.6) is 0 Å². The minimum Gasteiger partial charge on any atom is -0.332 e. The van der Waals surface area contributed by atoms with E-state index in [4.69, 9.17) is 0 Å². The number of Topliss-reactive ketones (excluding diaryl/α,β-unsaturated/α-hetero) is 1. The summed E-state index contributed by atoms with van der Waals surface area (Å²) in [6.07, 6.45) is 1.85. The van der Waals surface area contributed by atoms with Gasteiger partial charge < -0.3 is 4.98 Å². The van der Waals surface area contributed by atoms with Gasteiger partial charge in [-0.2, -0.15) is 0 Å². The van der Waals surface area contributed by atoms with Gasteiger partial charge in [0, 0.05) is 12.0 Å². The zero-order valence-electron chi connectivity index (χ0n) is 11.0. The van der Waals surface area contributed by atoms with Crippen molar-refractivity contribution in [3.05, 3.63) is 47.9 Å². The zero-order valence-corrected chi connectivity index (χ0v) is 11.8. The SMILES string of the molecule is CCc1ncc(S(=O)(=O)NCC(=O)c2ccccc2)[nH]1. The molecule has 106 valence electrons. The third-order valence-electron chi connectivity index (χ3n) is 2.75. The van der Waals surface area contributed by atoms with E-state index in [1.54, 1.807) is 30.3 Å². The number of carbonyl (C=O) groups is 1. The van der Waals surface area contributed by atoms with Gasteiger partial charge in [0.15, 0.2) is 10.8 Å². The van der Waals surface area contributed by atoms with Gasteiger partial charge in [-0.15, -0.1) is 0 Å². The Morgan fingerprint density at radius 1 is 1.30 bits per heavy atom. The first-order chi connectivity index (χ1) is 9.53. The second-order valence-corrected chi connectivity index (χ2v) is 5.90. The minimum absolute atomic E-state index is 0.0322. The lowest BCUT2D eigenvalue weighted by molar-refractivity contribution is 0.0997. The lowest BCUT2D eigenvalue weighted by atomic mass is 10.1. The van der Waals surface area contributed by atoms with Crippen molar-refractivity contribution < 1.29 is 13.2 Å². The summed E-state index contributed by atoms with van der Waals surface area (Å²) in [5.74, 6) is 0.296. The smallest absolute Gasteiger partial charge is 0.258 e. The van der Waals surface area contributed by atoms with Crippen LogP contribution in [0.2, 0.25) is 0 Å². The Morgan fingerprint density at radius 2 is 2.00 bits per heavy atom. The summed E-state index contributed by atoms with van der Waals surface area (Å²) in [7, 11) is -3.74. The lowest BCUT2D eigenvalue weighted by Crippen LogP contribution is -2.30. The molecule has 0 saturated carbocycles. The predicted molar refractivity (Wildman–Crippen MR) is 73.9 cm³/mol. The standard InChI is InChI=1S/C13H15N3O3S/c1-2-12-14-9-13(16-12)20(18,19)15-8-11(17)10-6-4-3-5-7-10/h3-7,9,15H,2,8H2,1H3,(H,14,16). The van der Waals surface area contributed by atoms with Crippen molar-refractivity contribution in [3.63, 3.8) is 0 Å². The van der Waals surface area contributed by atoms with E-state index in [1.165, 1.54) is 6.20 Å². The monoisotopic (exact) mass is 293 g/mol. The number of sulfonamides is 1. The molecule has 0 atom stereocenters. The van der Waals surface area contributed by atoms with E-state index >= 15 is 0 Å².